The molecule has 0 radical (unpaired) electrons. The molecule has 0 amide bonds. The fraction of sp³-hybridized carbons (Fsp3) is 0.200. The summed E-state index contributed by atoms with van der Waals surface area (Å²) in [6.45, 7) is 0. The number of nitrogens with one attached hydrogen (secondary N) is 1. The van der Waals surface area contributed by atoms with Gasteiger partial charge in [-0.2, -0.15) is 28.4 Å². The van der Waals surface area contributed by atoms with E-state index in [-0.39, 0.29) is 11.7 Å². The molecule has 0 fully saturated rings. The van der Waals surface area contributed by atoms with Crippen molar-refractivity contribution in [1.82, 2.24) is 24.5 Å². The number of aryl methyl sites for hydroxylation is 1. The Balaban J connectivity index is 1.98. The van der Waals surface area contributed by atoms with Crippen LogP contribution in [-0.4, -0.2) is 36.5 Å². The van der Waals surface area contributed by atoms with Gasteiger partial charge in [0, 0.05) is 18.8 Å². The number of fused-ring (bicyclic) bond motifs is 1. The van der Waals surface area contributed by atoms with Crippen LogP contribution in [0.3, 0.4) is 0 Å². The molecule has 1 aliphatic rings. The van der Waals surface area contributed by atoms with Crippen molar-refractivity contribution in [3.8, 4) is 0 Å². The molecule has 1 N–H and O–H groups in total. The molecule has 0 aliphatic carbocycles. The van der Waals surface area contributed by atoms with Crippen molar-refractivity contribution >= 4 is 11.7 Å². The zero-order chi connectivity index (χ0) is 18.5. The second kappa shape index (κ2) is 5.58. The summed E-state index contributed by atoms with van der Waals surface area (Å²) in [6, 6.07) is 1.58. The summed E-state index contributed by atoms with van der Waals surface area (Å²) in [6.07, 6.45) is 0.419. The van der Waals surface area contributed by atoms with E-state index >= 15 is 0 Å². The van der Waals surface area contributed by atoms with Gasteiger partial charge in [0.2, 0.25) is 11.7 Å². The number of hydrogen-bond acceptors (Lipinski definition) is 6. The Labute approximate surface area is 143 Å². The molecule has 4 heterocycles. The van der Waals surface area contributed by atoms with Crippen LogP contribution in [0.25, 0.3) is 0 Å². The van der Waals surface area contributed by atoms with Crippen molar-refractivity contribution in [2.45, 2.75) is 12.2 Å². The Morgan fingerprint density at radius 1 is 1.35 bits per heavy atom. The van der Waals surface area contributed by atoms with Gasteiger partial charge in [-0.1, -0.05) is 0 Å². The number of halogens is 3. The van der Waals surface area contributed by atoms with Crippen LogP contribution >= 0.6 is 0 Å². The van der Waals surface area contributed by atoms with E-state index in [1.807, 2.05) is 0 Å². The molecule has 0 bridgehead atoms. The van der Waals surface area contributed by atoms with Crippen LogP contribution in [0.15, 0.2) is 52.8 Å². The van der Waals surface area contributed by atoms with Gasteiger partial charge in [0.05, 0.1) is 18.0 Å². The largest absolute Gasteiger partial charge is 0.461 e. The minimum absolute atomic E-state index is 0.123. The molecule has 3 aromatic heterocycles. The van der Waals surface area contributed by atoms with Crippen molar-refractivity contribution in [3.63, 3.8) is 0 Å². The number of alkyl halides is 3. The number of ketones is 1. The Kier molecular flexibility index (Phi) is 3.46. The van der Waals surface area contributed by atoms with E-state index in [1.165, 1.54) is 40.2 Å². The van der Waals surface area contributed by atoms with E-state index in [9.17, 15) is 18.0 Å². The van der Waals surface area contributed by atoms with Crippen molar-refractivity contribution in [3.05, 3.63) is 59.7 Å². The predicted octanol–water partition coefficient (Wildman–Crippen LogP) is 2.32. The van der Waals surface area contributed by atoms with Crippen molar-refractivity contribution in [1.29, 1.82) is 0 Å². The summed E-state index contributed by atoms with van der Waals surface area (Å²) in [5.41, 5.74) is -1.39. The highest BCUT2D eigenvalue weighted by Crippen LogP contribution is 2.41. The van der Waals surface area contributed by atoms with E-state index in [2.05, 4.69) is 20.5 Å². The number of allylic oxidation sites excluding steroid dienone is 2. The maximum atomic E-state index is 13.7. The summed E-state index contributed by atoms with van der Waals surface area (Å²) >= 11 is 0. The zero-order valence-corrected chi connectivity index (χ0v) is 13.2. The Morgan fingerprint density at radius 3 is 2.77 bits per heavy atom. The summed E-state index contributed by atoms with van der Waals surface area (Å²) in [4.78, 5) is 16.7. The lowest BCUT2D eigenvalue weighted by atomic mass is 9.93. The van der Waals surface area contributed by atoms with Crippen LogP contribution in [-0.2, 0) is 7.05 Å². The summed E-state index contributed by atoms with van der Waals surface area (Å²) in [5.74, 6) is -1.23. The maximum absolute atomic E-state index is 13.7. The second-order valence-electron chi connectivity index (χ2n) is 5.60. The molecule has 8 nitrogen and oxygen atoms in total. The standard InChI is InChI=1S/C15H11F3N6O2/c1-23-6-8(5-20-23)11-10(12(25)9-3-2-4-26-9)13(15(16,17)18)22-14-19-7-21-24(11)14/h2-7,11H,1H3,(H,19,21,22)/t11-/m0/s1. The first kappa shape index (κ1) is 16.1. The number of carbonyl (C=O) groups excluding carboxylic acids is 1. The van der Waals surface area contributed by atoms with Crippen LogP contribution in [0.5, 0.6) is 0 Å². The first-order valence-electron chi connectivity index (χ1n) is 7.41. The predicted molar refractivity (Wildman–Crippen MR) is 81.1 cm³/mol. The molecule has 0 saturated heterocycles. The Hall–Kier alpha value is -3.37. The number of anilines is 1. The fourth-order valence-corrected chi connectivity index (χ4v) is 2.86. The SMILES string of the molecule is Cn1cc([C@H]2C(C(=O)c3ccco3)=C(C(F)(F)F)Nc3ncnn32)cn1. The highest BCUT2D eigenvalue weighted by atomic mass is 19.4. The first-order valence-corrected chi connectivity index (χ1v) is 7.41. The van der Waals surface area contributed by atoms with Gasteiger partial charge in [0.15, 0.2) is 5.76 Å². The van der Waals surface area contributed by atoms with Gasteiger partial charge in [-0.3, -0.25) is 9.48 Å². The quantitative estimate of drug-likeness (QED) is 0.718. The number of hydrogen-bond donors (Lipinski definition) is 1. The maximum Gasteiger partial charge on any atom is 0.431 e. The molecular weight excluding hydrogens is 353 g/mol. The van der Waals surface area contributed by atoms with E-state index in [0.717, 1.165) is 6.33 Å². The third kappa shape index (κ3) is 2.48. The number of carbonyl (C=O) groups is 1. The smallest absolute Gasteiger partial charge is 0.431 e. The molecule has 134 valence electrons. The normalized spacial score (nSPS) is 17.2. The van der Waals surface area contributed by atoms with Crippen LogP contribution in [0.1, 0.15) is 22.2 Å². The van der Waals surface area contributed by atoms with Gasteiger partial charge in [-0.25, -0.2) is 4.68 Å². The zero-order valence-electron chi connectivity index (χ0n) is 13.2. The lowest BCUT2D eigenvalue weighted by Crippen LogP contribution is -2.35. The van der Waals surface area contributed by atoms with E-state index in [4.69, 9.17) is 4.42 Å². The molecule has 0 spiro atoms. The van der Waals surface area contributed by atoms with Crippen LogP contribution in [0, 0.1) is 0 Å². The Morgan fingerprint density at radius 2 is 2.15 bits per heavy atom. The minimum Gasteiger partial charge on any atom is -0.461 e. The average Bonchev–Trinajstić information content (AvgIpc) is 3.32. The van der Waals surface area contributed by atoms with Crippen molar-refractivity contribution in [2.24, 2.45) is 7.05 Å². The molecule has 1 aliphatic heterocycles. The molecule has 0 saturated carbocycles. The molecule has 4 rings (SSSR count). The highest BCUT2D eigenvalue weighted by Gasteiger charge is 2.46. The number of rotatable bonds is 3. The van der Waals surface area contributed by atoms with E-state index < -0.39 is 29.3 Å². The number of Topliss-reactive ketones (excluding diaryl/α,β-unsaturated/α-hetero) is 1. The second-order valence-corrected chi connectivity index (χ2v) is 5.60. The third-order valence-electron chi connectivity index (χ3n) is 3.91. The molecule has 0 aromatic carbocycles. The Bertz CT molecular complexity index is 999. The summed E-state index contributed by atoms with van der Waals surface area (Å²) < 4.78 is 48.8. The van der Waals surface area contributed by atoms with Crippen LogP contribution < -0.4 is 5.32 Å². The lowest BCUT2D eigenvalue weighted by molar-refractivity contribution is -0.0918. The van der Waals surface area contributed by atoms with Crippen LogP contribution in [0.2, 0.25) is 0 Å². The van der Waals surface area contributed by atoms with Crippen molar-refractivity contribution in [2.75, 3.05) is 5.32 Å². The molecule has 26 heavy (non-hydrogen) atoms. The molecular formula is C15H11F3N6O2. The molecule has 11 heteroatoms. The fourth-order valence-electron chi connectivity index (χ4n) is 2.86. The molecule has 3 aromatic rings. The lowest BCUT2D eigenvalue weighted by Gasteiger charge is -2.29. The average molecular weight is 364 g/mol. The summed E-state index contributed by atoms with van der Waals surface area (Å²) in [7, 11) is 1.62. The molecule has 0 unspecified atom stereocenters. The summed E-state index contributed by atoms with van der Waals surface area (Å²) in [5, 5.41) is 10.1. The van der Waals surface area contributed by atoms with Gasteiger partial charge in [-0.15, -0.1) is 0 Å². The monoisotopic (exact) mass is 364 g/mol. The minimum atomic E-state index is -4.81. The van der Waals surface area contributed by atoms with E-state index in [1.54, 1.807) is 7.05 Å². The van der Waals surface area contributed by atoms with Gasteiger partial charge >= 0.3 is 6.18 Å². The van der Waals surface area contributed by atoms with Crippen molar-refractivity contribution < 1.29 is 22.4 Å². The van der Waals surface area contributed by atoms with Gasteiger partial charge < -0.3 is 9.73 Å². The first-order chi connectivity index (χ1) is 12.4. The van der Waals surface area contributed by atoms with Crippen LogP contribution in [0.4, 0.5) is 19.1 Å². The molecule has 1 atom stereocenters. The number of furan rings is 1. The van der Waals surface area contributed by atoms with Gasteiger partial charge in [0.1, 0.15) is 18.1 Å². The topological polar surface area (TPSA) is 90.8 Å². The highest BCUT2D eigenvalue weighted by molar-refractivity contribution is 6.09. The van der Waals surface area contributed by atoms with E-state index in [0.29, 0.717) is 5.56 Å². The van der Waals surface area contributed by atoms with Gasteiger partial charge in [-0.05, 0) is 12.1 Å². The third-order valence-corrected chi connectivity index (χ3v) is 3.91. The number of aromatic nitrogens is 5. The number of nitrogens with zero attached hydrogens (tertiary/aromatic N) is 5. The van der Waals surface area contributed by atoms with Gasteiger partial charge in [0.25, 0.3) is 0 Å².